The third-order valence-electron chi connectivity index (χ3n) is 2.66. The summed E-state index contributed by atoms with van der Waals surface area (Å²) in [6.07, 6.45) is 13.6. The normalized spacial score (nSPS) is 12.5. The summed E-state index contributed by atoms with van der Waals surface area (Å²) in [6.45, 7) is 1.98. The van der Waals surface area contributed by atoms with Crippen LogP contribution in [0.5, 0.6) is 0 Å². The number of anilines is 1. The van der Waals surface area contributed by atoms with Crippen LogP contribution in [-0.2, 0) is 6.42 Å². The van der Waals surface area contributed by atoms with Crippen molar-refractivity contribution in [3.05, 3.63) is 77.8 Å². The summed E-state index contributed by atoms with van der Waals surface area (Å²) in [5, 5.41) is 0. The number of nitrogens with zero attached hydrogens (tertiary/aromatic N) is 1. The van der Waals surface area contributed by atoms with E-state index in [1.165, 1.54) is 6.20 Å². The van der Waals surface area contributed by atoms with Crippen LogP contribution in [0.4, 0.5) is 5.69 Å². The van der Waals surface area contributed by atoms with E-state index >= 15 is 0 Å². The molecule has 4 nitrogen and oxygen atoms in total. The van der Waals surface area contributed by atoms with Gasteiger partial charge >= 0.3 is 0 Å². The third-order valence-corrected chi connectivity index (χ3v) is 2.66. The van der Waals surface area contributed by atoms with Gasteiger partial charge < -0.3 is 17.2 Å². The van der Waals surface area contributed by atoms with Crippen LogP contribution in [0.15, 0.2) is 77.2 Å². The summed E-state index contributed by atoms with van der Waals surface area (Å²) < 4.78 is 0. The van der Waals surface area contributed by atoms with Gasteiger partial charge in [-0.3, -0.25) is 4.99 Å². The maximum atomic E-state index is 5.98. The first-order valence-electron chi connectivity index (χ1n) is 6.69. The molecule has 110 valence electrons. The fourth-order valence-corrected chi connectivity index (χ4v) is 1.65. The van der Waals surface area contributed by atoms with Crippen LogP contribution in [0.2, 0.25) is 0 Å². The van der Waals surface area contributed by atoms with Crippen molar-refractivity contribution >= 4 is 11.9 Å². The van der Waals surface area contributed by atoms with E-state index in [9.17, 15) is 0 Å². The lowest BCUT2D eigenvalue weighted by molar-refractivity contribution is 1.20. The highest BCUT2D eigenvalue weighted by atomic mass is 14.8. The van der Waals surface area contributed by atoms with Gasteiger partial charge in [-0.2, -0.15) is 0 Å². The van der Waals surface area contributed by atoms with Gasteiger partial charge in [-0.1, -0.05) is 42.5 Å². The molecule has 4 heteroatoms. The van der Waals surface area contributed by atoms with Crippen molar-refractivity contribution in [3.8, 4) is 0 Å². The second kappa shape index (κ2) is 9.20. The van der Waals surface area contributed by atoms with E-state index in [1.54, 1.807) is 6.21 Å². The van der Waals surface area contributed by atoms with Crippen molar-refractivity contribution in [2.45, 2.75) is 13.3 Å². The molecule has 1 aromatic rings. The zero-order chi connectivity index (χ0) is 15.5. The molecule has 0 fully saturated rings. The SMILES string of the molecule is C\C=C/C=C(/C=C/C=N/C=C(N)N)Cc1ccccc1N. The van der Waals surface area contributed by atoms with Gasteiger partial charge in [0.2, 0.25) is 0 Å². The predicted molar refractivity (Wildman–Crippen MR) is 91.5 cm³/mol. The lowest BCUT2D eigenvalue weighted by Crippen LogP contribution is -2.06. The van der Waals surface area contributed by atoms with E-state index in [1.807, 2.05) is 61.6 Å². The van der Waals surface area contributed by atoms with E-state index < -0.39 is 0 Å². The minimum Gasteiger partial charge on any atom is -0.398 e. The smallest absolute Gasteiger partial charge is 0.112 e. The Hall–Kier alpha value is -2.75. The van der Waals surface area contributed by atoms with Gasteiger partial charge in [0.1, 0.15) is 5.82 Å². The lowest BCUT2D eigenvalue weighted by atomic mass is 10.0. The van der Waals surface area contributed by atoms with Crippen LogP contribution < -0.4 is 17.2 Å². The fourth-order valence-electron chi connectivity index (χ4n) is 1.65. The Balaban J connectivity index is 2.83. The average molecular weight is 282 g/mol. The first-order chi connectivity index (χ1) is 10.1. The number of benzene rings is 1. The van der Waals surface area contributed by atoms with Gasteiger partial charge in [0.25, 0.3) is 0 Å². The zero-order valence-corrected chi connectivity index (χ0v) is 12.2. The summed E-state index contributed by atoms with van der Waals surface area (Å²) >= 11 is 0. The van der Waals surface area contributed by atoms with Crippen LogP contribution in [0.3, 0.4) is 0 Å². The van der Waals surface area contributed by atoms with E-state index in [0.717, 1.165) is 23.2 Å². The maximum Gasteiger partial charge on any atom is 0.112 e. The molecule has 0 atom stereocenters. The highest BCUT2D eigenvalue weighted by Gasteiger charge is 1.99. The molecular formula is C17H22N4. The number of nitrogen functional groups attached to an aromatic ring is 1. The molecule has 0 aromatic heterocycles. The molecule has 0 saturated carbocycles. The molecule has 0 saturated heterocycles. The molecule has 21 heavy (non-hydrogen) atoms. The first kappa shape index (κ1) is 16.3. The van der Waals surface area contributed by atoms with Crippen LogP contribution >= 0.6 is 0 Å². The third kappa shape index (κ3) is 6.82. The minimum atomic E-state index is 0.182. The Kier molecular flexibility index (Phi) is 7.14. The Morgan fingerprint density at radius 1 is 1.19 bits per heavy atom. The van der Waals surface area contributed by atoms with Gasteiger partial charge in [-0.15, -0.1) is 0 Å². The lowest BCUT2D eigenvalue weighted by Gasteiger charge is -2.05. The standard InChI is InChI=1S/C17H22N4/c1-2-3-7-14(8-6-11-21-13-17(19)20)12-15-9-4-5-10-16(15)18/h2-11,13H,12,18-20H2,1H3/b3-2-,8-6+,14-7-,21-11+. The highest BCUT2D eigenvalue weighted by molar-refractivity contribution is 5.72. The topological polar surface area (TPSA) is 90.4 Å². The van der Waals surface area contributed by atoms with Gasteiger partial charge in [-0.25, -0.2) is 0 Å². The van der Waals surface area contributed by atoms with Crippen LogP contribution in [0, 0.1) is 0 Å². The van der Waals surface area contributed by atoms with Gasteiger partial charge in [-0.05, 0) is 36.6 Å². The predicted octanol–water partition coefficient (Wildman–Crippen LogP) is 2.66. The molecule has 6 N–H and O–H groups in total. The van der Waals surface area contributed by atoms with Crippen molar-refractivity contribution in [1.29, 1.82) is 0 Å². The molecule has 1 rings (SSSR count). The van der Waals surface area contributed by atoms with E-state index in [-0.39, 0.29) is 5.82 Å². The van der Waals surface area contributed by atoms with Crippen molar-refractivity contribution in [2.75, 3.05) is 5.73 Å². The number of para-hydroxylation sites is 1. The number of nitrogens with two attached hydrogens (primary N) is 3. The molecular weight excluding hydrogens is 260 g/mol. The number of aliphatic imine (C=N–C) groups is 1. The minimum absolute atomic E-state index is 0.182. The summed E-state index contributed by atoms with van der Waals surface area (Å²) in [5.41, 5.74) is 19.6. The van der Waals surface area contributed by atoms with Crippen LogP contribution in [0.1, 0.15) is 12.5 Å². The maximum absolute atomic E-state index is 5.98. The van der Waals surface area contributed by atoms with Gasteiger partial charge in [0, 0.05) is 11.9 Å². The van der Waals surface area contributed by atoms with Gasteiger partial charge in [0.15, 0.2) is 0 Å². The summed E-state index contributed by atoms with van der Waals surface area (Å²) in [6, 6.07) is 7.85. The molecule has 0 amide bonds. The average Bonchev–Trinajstić information content (AvgIpc) is 2.46. The molecule has 0 spiro atoms. The summed E-state index contributed by atoms with van der Waals surface area (Å²) in [7, 11) is 0. The van der Waals surface area contributed by atoms with Crippen molar-refractivity contribution < 1.29 is 0 Å². The molecule has 0 aliphatic carbocycles. The van der Waals surface area contributed by atoms with E-state index in [4.69, 9.17) is 17.2 Å². The van der Waals surface area contributed by atoms with Crippen molar-refractivity contribution in [3.63, 3.8) is 0 Å². The van der Waals surface area contributed by atoms with Gasteiger partial charge in [0.05, 0.1) is 6.20 Å². The quantitative estimate of drug-likeness (QED) is 0.425. The number of allylic oxidation sites excluding steroid dienone is 6. The Bertz CT molecular complexity index is 589. The second-order valence-electron chi connectivity index (χ2n) is 4.43. The van der Waals surface area contributed by atoms with Crippen LogP contribution in [-0.4, -0.2) is 6.21 Å². The van der Waals surface area contributed by atoms with E-state index in [0.29, 0.717) is 0 Å². The second-order valence-corrected chi connectivity index (χ2v) is 4.43. The number of hydrogen-bond acceptors (Lipinski definition) is 4. The zero-order valence-electron chi connectivity index (χ0n) is 12.2. The Morgan fingerprint density at radius 2 is 1.95 bits per heavy atom. The fraction of sp³-hybridized carbons (Fsp3) is 0.118. The monoisotopic (exact) mass is 282 g/mol. The first-order valence-corrected chi connectivity index (χ1v) is 6.69. The molecule has 0 aliphatic heterocycles. The molecule has 1 aromatic carbocycles. The summed E-state index contributed by atoms with van der Waals surface area (Å²) in [4.78, 5) is 3.95. The number of hydrogen-bond donors (Lipinski definition) is 3. The van der Waals surface area contributed by atoms with Crippen molar-refractivity contribution in [2.24, 2.45) is 16.5 Å². The van der Waals surface area contributed by atoms with E-state index in [2.05, 4.69) is 4.99 Å². The Morgan fingerprint density at radius 3 is 2.62 bits per heavy atom. The summed E-state index contributed by atoms with van der Waals surface area (Å²) in [5.74, 6) is 0.182. The molecule has 0 heterocycles. The molecule has 0 aliphatic rings. The molecule has 0 radical (unpaired) electrons. The Labute approximate surface area is 126 Å². The number of rotatable bonds is 6. The molecule has 0 unspecified atom stereocenters. The van der Waals surface area contributed by atoms with Crippen molar-refractivity contribution in [1.82, 2.24) is 0 Å². The molecule has 0 bridgehead atoms. The largest absolute Gasteiger partial charge is 0.398 e. The highest BCUT2D eigenvalue weighted by Crippen LogP contribution is 2.16. The van der Waals surface area contributed by atoms with Crippen LogP contribution in [0.25, 0.3) is 0 Å².